The van der Waals surface area contributed by atoms with Crippen LogP contribution in [-0.2, 0) is 17.8 Å². The summed E-state index contributed by atoms with van der Waals surface area (Å²) in [5.41, 5.74) is -0.159. The summed E-state index contributed by atoms with van der Waals surface area (Å²) in [5.74, 6) is -0.407. The van der Waals surface area contributed by atoms with Gasteiger partial charge in [-0.2, -0.15) is 18.2 Å². The molecule has 2 aromatic heterocycles. The summed E-state index contributed by atoms with van der Waals surface area (Å²) in [6, 6.07) is 0.564. The van der Waals surface area contributed by atoms with Crippen LogP contribution in [0, 0.1) is 5.82 Å². The topological polar surface area (TPSA) is 63.5 Å². The maximum Gasteiger partial charge on any atom is 0.408 e. The first-order valence-corrected chi connectivity index (χ1v) is 9.63. The lowest BCUT2D eigenvalue weighted by molar-refractivity contribution is -0.153. The van der Waals surface area contributed by atoms with E-state index in [2.05, 4.69) is 9.97 Å². The molecule has 0 aliphatic carbocycles. The van der Waals surface area contributed by atoms with E-state index in [1.165, 1.54) is 16.8 Å². The van der Waals surface area contributed by atoms with E-state index in [0.717, 1.165) is 17.2 Å². The minimum Gasteiger partial charge on any atom is -0.377 e. The van der Waals surface area contributed by atoms with Crippen LogP contribution in [0.15, 0.2) is 29.3 Å². The summed E-state index contributed by atoms with van der Waals surface area (Å²) in [4.78, 5) is 23.8. The van der Waals surface area contributed by atoms with Crippen molar-refractivity contribution in [2.24, 2.45) is 0 Å². The molecular formula is C19H21F4N5O2. The van der Waals surface area contributed by atoms with E-state index in [4.69, 9.17) is 4.74 Å². The molecule has 0 amide bonds. The van der Waals surface area contributed by atoms with Gasteiger partial charge in [-0.25, -0.2) is 4.39 Å². The zero-order chi connectivity index (χ0) is 21.5. The molecule has 0 bridgehead atoms. The number of hydrogen-bond acceptors (Lipinski definition) is 6. The Kier molecular flexibility index (Phi) is 5.39. The molecule has 11 heteroatoms. The van der Waals surface area contributed by atoms with Crippen LogP contribution in [0.1, 0.15) is 18.9 Å². The lowest BCUT2D eigenvalue weighted by Crippen LogP contribution is -2.52. The van der Waals surface area contributed by atoms with E-state index in [1.54, 1.807) is 0 Å². The smallest absolute Gasteiger partial charge is 0.377 e. The molecule has 0 N–H and O–H groups in total. The third-order valence-electron chi connectivity index (χ3n) is 5.39. The quantitative estimate of drug-likeness (QED) is 0.701. The number of alkyl halides is 3. The fourth-order valence-corrected chi connectivity index (χ4v) is 3.93. The van der Waals surface area contributed by atoms with Gasteiger partial charge < -0.3 is 14.5 Å². The van der Waals surface area contributed by atoms with Gasteiger partial charge in [0.1, 0.15) is 17.7 Å². The number of aromatic nitrogens is 3. The molecule has 162 valence electrons. The van der Waals surface area contributed by atoms with Crippen LogP contribution in [-0.4, -0.2) is 52.6 Å². The predicted octanol–water partition coefficient (Wildman–Crippen LogP) is 2.34. The van der Waals surface area contributed by atoms with Crippen molar-refractivity contribution in [3.63, 3.8) is 0 Å². The summed E-state index contributed by atoms with van der Waals surface area (Å²) in [5, 5.41) is 0. The highest BCUT2D eigenvalue weighted by Gasteiger charge is 2.47. The maximum atomic E-state index is 13.8. The fraction of sp³-hybridized carbons (Fsp3) is 0.526. The number of morpholine rings is 1. The number of anilines is 2. The van der Waals surface area contributed by atoms with Gasteiger partial charge in [0.25, 0.3) is 5.56 Å². The molecule has 2 aliphatic rings. The Morgan fingerprint density at radius 3 is 2.73 bits per heavy atom. The average Bonchev–Trinajstić information content (AvgIpc) is 2.68. The second-order valence-electron chi connectivity index (χ2n) is 7.51. The second kappa shape index (κ2) is 7.86. The zero-order valence-electron chi connectivity index (χ0n) is 16.3. The first-order chi connectivity index (χ1) is 14.2. The van der Waals surface area contributed by atoms with Gasteiger partial charge in [0, 0.05) is 31.9 Å². The number of ether oxygens (including phenoxy) is 1. The van der Waals surface area contributed by atoms with Gasteiger partial charge in [0.15, 0.2) is 0 Å². The van der Waals surface area contributed by atoms with Gasteiger partial charge in [0.2, 0.25) is 5.95 Å². The van der Waals surface area contributed by atoms with Gasteiger partial charge in [-0.3, -0.25) is 14.3 Å². The van der Waals surface area contributed by atoms with E-state index in [0.29, 0.717) is 25.6 Å². The zero-order valence-corrected chi connectivity index (χ0v) is 16.3. The summed E-state index contributed by atoms with van der Waals surface area (Å²) in [7, 11) is 0. The number of halogens is 4. The van der Waals surface area contributed by atoms with Gasteiger partial charge in [0.05, 0.1) is 25.5 Å². The lowest BCUT2D eigenvalue weighted by Gasteiger charge is -2.40. The van der Waals surface area contributed by atoms with Crippen LogP contribution in [0.2, 0.25) is 0 Å². The molecule has 0 spiro atoms. The molecule has 1 fully saturated rings. The van der Waals surface area contributed by atoms with E-state index in [1.807, 2.05) is 11.8 Å². The van der Waals surface area contributed by atoms with E-state index >= 15 is 0 Å². The Labute approximate surface area is 169 Å². The Balaban J connectivity index is 1.79. The van der Waals surface area contributed by atoms with Crippen LogP contribution >= 0.6 is 0 Å². The molecule has 7 nitrogen and oxygen atoms in total. The molecule has 2 aromatic rings. The van der Waals surface area contributed by atoms with Crippen molar-refractivity contribution in [3.8, 4) is 0 Å². The average molecular weight is 427 g/mol. The van der Waals surface area contributed by atoms with Crippen molar-refractivity contribution in [1.82, 2.24) is 14.5 Å². The normalized spacial score (nSPS) is 22.2. The van der Waals surface area contributed by atoms with Crippen molar-refractivity contribution in [1.29, 1.82) is 0 Å². The summed E-state index contributed by atoms with van der Waals surface area (Å²) in [6.45, 7) is 2.88. The highest BCUT2D eigenvalue weighted by Crippen LogP contribution is 2.35. The first-order valence-electron chi connectivity index (χ1n) is 9.63. The van der Waals surface area contributed by atoms with Crippen molar-refractivity contribution < 1.29 is 22.3 Å². The highest BCUT2D eigenvalue weighted by molar-refractivity contribution is 5.48. The molecule has 1 saturated heterocycles. The molecule has 0 unspecified atom stereocenters. The van der Waals surface area contributed by atoms with Crippen LogP contribution in [0.4, 0.5) is 29.3 Å². The molecule has 0 radical (unpaired) electrons. The summed E-state index contributed by atoms with van der Waals surface area (Å²) in [6.07, 6.45) is -2.54. The summed E-state index contributed by atoms with van der Waals surface area (Å²) < 4.78 is 61.6. The van der Waals surface area contributed by atoms with Gasteiger partial charge in [-0.05, 0) is 25.0 Å². The lowest BCUT2D eigenvalue weighted by atomic mass is 10.1. The third kappa shape index (κ3) is 3.98. The number of fused-ring (bicyclic) bond motifs is 1. The molecule has 30 heavy (non-hydrogen) atoms. The summed E-state index contributed by atoms with van der Waals surface area (Å²) >= 11 is 0. The molecule has 2 aliphatic heterocycles. The standard InChI is InChI=1S/C19H21F4N5O2/c1-12-11-30-5-4-26(12)16-7-17(29)27-3-2-15(19(21,22)23)28(18(27)25-16)10-13-6-14(20)9-24-8-13/h6-9,12,15H,2-5,10-11H2,1H3/t12-,15+/m1/s1. The minimum atomic E-state index is -4.54. The minimum absolute atomic E-state index is 0.0726. The second-order valence-corrected chi connectivity index (χ2v) is 7.51. The largest absolute Gasteiger partial charge is 0.408 e. The number of hydrogen-bond donors (Lipinski definition) is 0. The molecule has 0 saturated carbocycles. The van der Waals surface area contributed by atoms with E-state index in [9.17, 15) is 22.4 Å². The van der Waals surface area contributed by atoms with Gasteiger partial charge in [-0.1, -0.05) is 0 Å². The predicted molar refractivity (Wildman–Crippen MR) is 101 cm³/mol. The van der Waals surface area contributed by atoms with Crippen LogP contribution in [0.3, 0.4) is 0 Å². The van der Waals surface area contributed by atoms with Gasteiger partial charge in [-0.15, -0.1) is 0 Å². The van der Waals surface area contributed by atoms with Crippen LogP contribution in [0.5, 0.6) is 0 Å². The van der Waals surface area contributed by atoms with Crippen molar-refractivity contribution in [2.75, 3.05) is 29.6 Å². The Morgan fingerprint density at radius 1 is 1.23 bits per heavy atom. The number of pyridine rings is 1. The molecule has 2 atom stereocenters. The van der Waals surface area contributed by atoms with Crippen LogP contribution in [0.25, 0.3) is 0 Å². The van der Waals surface area contributed by atoms with Crippen molar-refractivity contribution in [2.45, 2.75) is 44.7 Å². The molecular weight excluding hydrogens is 406 g/mol. The highest BCUT2D eigenvalue weighted by atomic mass is 19.4. The first kappa shape index (κ1) is 20.6. The third-order valence-corrected chi connectivity index (χ3v) is 5.39. The number of rotatable bonds is 3. The Bertz CT molecular complexity index is 980. The Hall–Kier alpha value is -2.69. The maximum absolute atomic E-state index is 13.8. The molecule has 4 rings (SSSR count). The van der Waals surface area contributed by atoms with E-state index < -0.39 is 23.6 Å². The van der Waals surface area contributed by atoms with Gasteiger partial charge >= 0.3 is 6.18 Å². The fourth-order valence-electron chi connectivity index (χ4n) is 3.93. The molecule has 4 heterocycles. The van der Waals surface area contributed by atoms with Crippen molar-refractivity contribution >= 4 is 11.8 Å². The van der Waals surface area contributed by atoms with Crippen molar-refractivity contribution in [3.05, 3.63) is 46.3 Å². The Morgan fingerprint density at radius 2 is 2.03 bits per heavy atom. The number of nitrogens with zero attached hydrogens (tertiary/aromatic N) is 5. The van der Waals surface area contributed by atoms with E-state index in [-0.39, 0.29) is 37.1 Å². The van der Waals surface area contributed by atoms with Crippen LogP contribution < -0.4 is 15.4 Å². The SMILES string of the molecule is C[C@@H]1COCCN1c1cc(=O)n2c(n1)N(Cc1cncc(F)c1)[C@H](C(F)(F)F)CC2. The monoisotopic (exact) mass is 427 g/mol. The molecule has 0 aromatic carbocycles.